The average Bonchev–Trinajstić information content (AvgIpc) is 2.68. The van der Waals surface area contributed by atoms with Crippen LogP contribution in [0.3, 0.4) is 0 Å². The Bertz CT molecular complexity index is 639. The zero-order chi connectivity index (χ0) is 17.3. The molecule has 1 aromatic heterocycles. The number of piperazine rings is 1. The van der Waals surface area contributed by atoms with E-state index in [1.165, 1.54) is 5.56 Å². The Labute approximate surface area is 149 Å². The average molecular weight is 338 g/mol. The monoisotopic (exact) mass is 338 g/mol. The Kier molecular flexibility index (Phi) is 6.40. The molecule has 2 aromatic rings. The Balaban J connectivity index is 1.33. The predicted molar refractivity (Wildman–Crippen MR) is 99.2 cm³/mol. The van der Waals surface area contributed by atoms with Crippen molar-refractivity contribution in [2.45, 2.75) is 19.4 Å². The van der Waals surface area contributed by atoms with Gasteiger partial charge < -0.3 is 10.2 Å². The molecule has 1 aliphatic rings. The molecule has 3 rings (SSSR count). The molecule has 5 heteroatoms. The van der Waals surface area contributed by atoms with Crippen molar-refractivity contribution in [1.29, 1.82) is 0 Å². The number of aromatic nitrogens is 1. The van der Waals surface area contributed by atoms with Crippen molar-refractivity contribution in [3.05, 3.63) is 66.0 Å². The first kappa shape index (κ1) is 17.4. The number of hydrogen-bond acceptors (Lipinski definition) is 3. The molecule has 5 nitrogen and oxygen atoms in total. The van der Waals surface area contributed by atoms with Gasteiger partial charge in [-0.3, -0.25) is 9.88 Å². The number of amides is 2. The summed E-state index contributed by atoms with van der Waals surface area (Å²) in [7, 11) is 0. The molecule has 1 saturated heterocycles. The first-order valence-corrected chi connectivity index (χ1v) is 8.99. The predicted octanol–water partition coefficient (Wildman–Crippen LogP) is 2.54. The summed E-state index contributed by atoms with van der Waals surface area (Å²) in [5.41, 5.74) is 2.42. The number of rotatable bonds is 6. The topological polar surface area (TPSA) is 48.5 Å². The molecule has 0 atom stereocenters. The highest BCUT2D eigenvalue weighted by Gasteiger charge is 2.20. The van der Waals surface area contributed by atoms with E-state index in [1.54, 1.807) is 12.4 Å². The second-order valence-corrected chi connectivity index (χ2v) is 6.44. The van der Waals surface area contributed by atoms with Gasteiger partial charge in [-0.05, 0) is 36.6 Å². The summed E-state index contributed by atoms with van der Waals surface area (Å²) in [4.78, 5) is 20.7. The highest BCUT2D eigenvalue weighted by Crippen LogP contribution is 2.07. The third-order valence-corrected chi connectivity index (χ3v) is 4.61. The van der Waals surface area contributed by atoms with Crippen molar-refractivity contribution >= 4 is 6.03 Å². The fourth-order valence-electron chi connectivity index (χ4n) is 3.12. The van der Waals surface area contributed by atoms with Crippen LogP contribution in [0.5, 0.6) is 0 Å². The van der Waals surface area contributed by atoms with Crippen LogP contribution in [0, 0.1) is 0 Å². The zero-order valence-corrected chi connectivity index (χ0v) is 14.6. The van der Waals surface area contributed by atoms with Crippen LogP contribution >= 0.6 is 0 Å². The van der Waals surface area contributed by atoms with Crippen molar-refractivity contribution in [1.82, 2.24) is 20.1 Å². The molecule has 1 aromatic carbocycles. The number of nitrogens with one attached hydrogen (secondary N) is 1. The van der Waals surface area contributed by atoms with Gasteiger partial charge in [0.2, 0.25) is 0 Å². The van der Waals surface area contributed by atoms with E-state index in [1.807, 2.05) is 17.0 Å². The van der Waals surface area contributed by atoms with Gasteiger partial charge in [0, 0.05) is 45.1 Å². The Morgan fingerprint density at radius 1 is 1.00 bits per heavy atom. The van der Waals surface area contributed by atoms with Gasteiger partial charge in [-0.1, -0.05) is 36.4 Å². The standard InChI is InChI=1S/C20H26N4O/c25-20(22-17-19-8-4-10-21-16-19)24-14-12-23(13-15-24)11-5-9-18-6-2-1-3-7-18/h1-4,6-8,10,16H,5,9,11-15,17H2,(H,22,25). The molecule has 1 aliphatic heterocycles. The van der Waals surface area contributed by atoms with Gasteiger partial charge in [-0.2, -0.15) is 0 Å². The quantitative estimate of drug-likeness (QED) is 0.880. The van der Waals surface area contributed by atoms with E-state index in [9.17, 15) is 4.79 Å². The van der Waals surface area contributed by atoms with Gasteiger partial charge in [0.05, 0.1) is 0 Å². The van der Waals surface area contributed by atoms with E-state index in [-0.39, 0.29) is 6.03 Å². The van der Waals surface area contributed by atoms with E-state index < -0.39 is 0 Å². The minimum absolute atomic E-state index is 0.0211. The summed E-state index contributed by atoms with van der Waals surface area (Å²) in [6.45, 7) is 5.13. The van der Waals surface area contributed by atoms with Crippen molar-refractivity contribution in [2.24, 2.45) is 0 Å². The minimum Gasteiger partial charge on any atom is -0.334 e. The number of nitrogens with zero attached hydrogens (tertiary/aromatic N) is 3. The van der Waals surface area contributed by atoms with Gasteiger partial charge in [0.1, 0.15) is 0 Å². The molecule has 0 saturated carbocycles. The Hall–Kier alpha value is -2.40. The summed E-state index contributed by atoms with van der Waals surface area (Å²) in [6.07, 6.45) is 5.80. The zero-order valence-electron chi connectivity index (χ0n) is 14.6. The van der Waals surface area contributed by atoms with Crippen LogP contribution in [0.15, 0.2) is 54.9 Å². The Morgan fingerprint density at radius 3 is 2.48 bits per heavy atom. The summed E-state index contributed by atoms with van der Waals surface area (Å²) in [5.74, 6) is 0. The van der Waals surface area contributed by atoms with Gasteiger partial charge >= 0.3 is 6.03 Å². The molecule has 1 fully saturated rings. The van der Waals surface area contributed by atoms with Gasteiger partial charge in [0.15, 0.2) is 0 Å². The molecule has 25 heavy (non-hydrogen) atoms. The lowest BCUT2D eigenvalue weighted by Crippen LogP contribution is -2.51. The number of urea groups is 1. The number of pyridine rings is 1. The molecule has 0 unspecified atom stereocenters. The number of carbonyl (C=O) groups excluding carboxylic acids is 1. The van der Waals surface area contributed by atoms with Crippen LogP contribution in [0.25, 0.3) is 0 Å². The van der Waals surface area contributed by atoms with Crippen LogP contribution in [0.4, 0.5) is 4.79 Å². The van der Waals surface area contributed by atoms with Crippen molar-refractivity contribution in [3.8, 4) is 0 Å². The molecular weight excluding hydrogens is 312 g/mol. The normalized spacial score (nSPS) is 15.1. The van der Waals surface area contributed by atoms with Crippen LogP contribution in [0.1, 0.15) is 17.5 Å². The molecule has 2 amide bonds. The molecule has 0 bridgehead atoms. The molecular formula is C20H26N4O. The molecule has 1 N–H and O–H groups in total. The van der Waals surface area contributed by atoms with Crippen LogP contribution in [0.2, 0.25) is 0 Å². The number of hydrogen-bond donors (Lipinski definition) is 1. The van der Waals surface area contributed by atoms with Crippen LogP contribution < -0.4 is 5.32 Å². The summed E-state index contributed by atoms with van der Waals surface area (Å²) < 4.78 is 0. The third kappa shape index (κ3) is 5.57. The lowest BCUT2D eigenvalue weighted by Gasteiger charge is -2.34. The van der Waals surface area contributed by atoms with E-state index >= 15 is 0 Å². The number of aryl methyl sites for hydroxylation is 1. The van der Waals surface area contributed by atoms with Crippen molar-refractivity contribution < 1.29 is 4.79 Å². The molecule has 0 radical (unpaired) electrons. The van der Waals surface area contributed by atoms with Crippen molar-refractivity contribution in [3.63, 3.8) is 0 Å². The maximum Gasteiger partial charge on any atom is 0.317 e. The second kappa shape index (κ2) is 9.18. The SMILES string of the molecule is O=C(NCc1cccnc1)N1CCN(CCCc2ccccc2)CC1. The van der Waals surface area contributed by atoms with E-state index in [2.05, 4.69) is 45.5 Å². The van der Waals surface area contributed by atoms with Crippen molar-refractivity contribution in [2.75, 3.05) is 32.7 Å². The molecule has 2 heterocycles. The first-order chi connectivity index (χ1) is 12.3. The smallest absolute Gasteiger partial charge is 0.317 e. The van der Waals surface area contributed by atoms with E-state index in [0.29, 0.717) is 6.54 Å². The van der Waals surface area contributed by atoms with Crippen LogP contribution in [-0.4, -0.2) is 53.5 Å². The highest BCUT2D eigenvalue weighted by molar-refractivity contribution is 5.74. The largest absolute Gasteiger partial charge is 0.334 e. The molecule has 132 valence electrons. The second-order valence-electron chi connectivity index (χ2n) is 6.44. The lowest BCUT2D eigenvalue weighted by molar-refractivity contribution is 0.138. The maximum absolute atomic E-state index is 12.3. The van der Waals surface area contributed by atoms with E-state index in [4.69, 9.17) is 0 Å². The lowest BCUT2D eigenvalue weighted by atomic mass is 10.1. The minimum atomic E-state index is 0.0211. The van der Waals surface area contributed by atoms with Gasteiger partial charge in [-0.25, -0.2) is 4.79 Å². The van der Waals surface area contributed by atoms with Gasteiger partial charge in [0.25, 0.3) is 0 Å². The summed E-state index contributed by atoms with van der Waals surface area (Å²) in [6, 6.07) is 14.5. The Morgan fingerprint density at radius 2 is 1.76 bits per heavy atom. The summed E-state index contributed by atoms with van der Waals surface area (Å²) in [5, 5.41) is 2.98. The fraction of sp³-hybridized carbons (Fsp3) is 0.400. The van der Waals surface area contributed by atoms with Gasteiger partial charge in [-0.15, -0.1) is 0 Å². The van der Waals surface area contributed by atoms with E-state index in [0.717, 1.165) is 51.1 Å². The van der Waals surface area contributed by atoms with Crippen LogP contribution in [-0.2, 0) is 13.0 Å². The fourth-order valence-corrected chi connectivity index (χ4v) is 3.12. The summed E-state index contributed by atoms with van der Waals surface area (Å²) >= 11 is 0. The first-order valence-electron chi connectivity index (χ1n) is 8.99. The third-order valence-electron chi connectivity index (χ3n) is 4.61. The highest BCUT2D eigenvalue weighted by atomic mass is 16.2. The number of carbonyl (C=O) groups is 1. The molecule has 0 spiro atoms. The maximum atomic E-state index is 12.3. The number of benzene rings is 1. The molecule has 0 aliphatic carbocycles.